The molecule has 3 heterocycles. The van der Waals surface area contributed by atoms with E-state index in [1.165, 1.54) is 18.6 Å². The van der Waals surface area contributed by atoms with Crippen molar-refractivity contribution in [2.75, 3.05) is 19.6 Å². The highest BCUT2D eigenvalue weighted by Crippen LogP contribution is 2.20. The smallest absolute Gasteiger partial charge is 0.252 e. The van der Waals surface area contributed by atoms with Crippen LogP contribution < -0.4 is 5.32 Å². The number of carbonyl (C=O) groups is 1. The number of carbonyl (C=O) groups excluding carboxylic acids is 1. The van der Waals surface area contributed by atoms with E-state index in [-0.39, 0.29) is 11.7 Å². The van der Waals surface area contributed by atoms with Crippen LogP contribution in [0.4, 0.5) is 4.39 Å². The molecule has 0 radical (unpaired) electrons. The number of fused-ring (bicyclic) bond motifs is 1. The van der Waals surface area contributed by atoms with Crippen LogP contribution >= 0.6 is 0 Å². The number of amides is 1. The second-order valence-electron chi connectivity index (χ2n) is 6.95. The van der Waals surface area contributed by atoms with E-state index in [0.29, 0.717) is 18.2 Å². The Morgan fingerprint density at radius 1 is 1.22 bits per heavy atom. The van der Waals surface area contributed by atoms with Gasteiger partial charge in [0, 0.05) is 30.5 Å². The zero-order valence-electron chi connectivity index (χ0n) is 15.4. The van der Waals surface area contributed by atoms with Crippen molar-refractivity contribution in [2.45, 2.75) is 25.8 Å². The summed E-state index contributed by atoms with van der Waals surface area (Å²) in [5.41, 5.74) is 2.94. The second kappa shape index (κ2) is 7.48. The summed E-state index contributed by atoms with van der Waals surface area (Å²) in [6.45, 7) is 4.97. The van der Waals surface area contributed by atoms with E-state index in [9.17, 15) is 9.18 Å². The van der Waals surface area contributed by atoms with E-state index < -0.39 is 0 Å². The molecule has 3 aromatic rings. The fourth-order valence-corrected chi connectivity index (χ4v) is 3.74. The number of likely N-dealkylation sites (tertiary alicyclic amines) is 1. The van der Waals surface area contributed by atoms with Crippen molar-refractivity contribution in [1.82, 2.24) is 19.6 Å². The van der Waals surface area contributed by atoms with Crippen LogP contribution in [0.2, 0.25) is 0 Å². The van der Waals surface area contributed by atoms with Gasteiger partial charge in [0.25, 0.3) is 5.91 Å². The highest BCUT2D eigenvalue weighted by atomic mass is 19.1. The van der Waals surface area contributed by atoms with E-state index in [1.807, 2.05) is 16.7 Å². The molecule has 1 aliphatic heterocycles. The summed E-state index contributed by atoms with van der Waals surface area (Å²) < 4.78 is 14.9. The monoisotopic (exact) mass is 366 g/mol. The van der Waals surface area contributed by atoms with Crippen LogP contribution in [-0.4, -0.2) is 45.9 Å². The van der Waals surface area contributed by atoms with Crippen LogP contribution in [0.15, 0.2) is 48.8 Å². The molecule has 0 bridgehead atoms. The Balaban J connectivity index is 1.49. The van der Waals surface area contributed by atoms with Crippen molar-refractivity contribution < 1.29 is 9.18 Å². The molecule has 1 aromatic carbocycles. The number of pyridine rings is 1. The van der Waals surface area contributed by atoms with Gasteiger partial charge in [0.1, 0.15) is 11.5 Å². The minimum absolute atomic E-state index is 0.0723. The van der Waals surface area contributed by atoms with Crippen LogP contribution in [0.25, 0.3) is 16.9 Å². The first kappa shape index (κ1) is 17.7. The fraction of sp³-hybridized carbons (Fsp3) is 0.333. The first-order chi connectivity index (χ1) is 13.1. The molecule has 0 unspecified atom stereocenters. The van der Waals surface area contributed by atoms with Crippen molar-refractivity contribution >= 4 is 11.6 Å². The van der Waals surface area contributed by atoms with Gasteiger partial charge in [-0.15, -0.1) is 0 Å². The Labute approximate surface area is 157 Å². The quantitative estimate of drug-likeness (QED) is 0.753. The largest absolute Gasteiger partial charge is 0.350 e. The summed E-state index contributed by atoms with van der Waals surface area (Å²) in [6, 6.07) is 10.3. The zero-order valence-corrected chi connectivity index (χ0v) is 15.4. The molecule has 1 aliphatic rings. The maximum absolute atomic E-state index is 13.1. The number of hydrogen-bond donors (Lipinski definition) is 1. The Hall–Kier alpha value is -2.73. The number of halogens is 1. The molecule has 140 valence electrons. The summed E-state index contributed by atoms with van der Waals surface area (Å²) in [5.74, 6) is -0.345. The number of imidazole rings is 1. The number of rotatable bonds is 5. The number of nitrogens with zero attached hydrogens (tertiary/aromatic N) is 3. The van der Waals surface area contributed by atoms with Crippen molar-refractivity contribution in [2.24, 2.45) is 0 Å². The highest BCUT2D eigenvalue weighted by Gasteiger charge is 2.23. The number of aromatic nitrogens is 2. The van der Waals surface area contributed by atoms with Crippen molar-refractivity contribution in [3.8, 4) is 11.3 Å². The standard InChI is InChI=1S/C21H23FN4O/c1-2-25-11-3-4-18(25)12-23-21(27)16-7-10-20-24-19(14-26(20)13-16)15-5-8-17(22)9-6-15/h5-10,13-14,18H,2-4,11-12H2,1H3,(H,23,27)/t18-/m1/s1. The number of nitrogens with one attached hydrogen (secondary N) is 1. The van der Waals surface area contributed by atoms with Gasteiger partial charge in [0.05, 0.1) is 11.3 Å². The van der Waals surface area contributed by atoms with Gasteiger partial charge in [0.2, 0.25) is 0 Å². The van der Waals surface area contributed by atoms with E-state index in [4.69, 9.17) is 0 Å². The predicted molar refractivity (Wildman–Crippen MR) is 103 cm³/mol. The maximum Gasteiger partial charge on any atom is 0.252 e. The van der Waals surface area contributed by atoms with Gasteiger partial charge in [-0.25, -0.2) is 9.37 Å². The van der Waals surface area contributed by atoms with E-state index >= 15 is 0 Å². The number of hydrogen-bond acceptors (Lipinski definition) is 3. The molecule has 27 heavy (non-hydrogen) atoms. The highest BCUT2D eigenvalue weighted by molar-refractivity contribution is 5.94. The third-order valence-electron chi connectivity index (χ3n) is 5.26. The van der Waals surface area contributed by atoms with Crippen LogP contribution in [-0.2, 0) is 0 Å². The van der Waals surface area contributed by atoms with Crippen LogP contribution in [0.3, 0.4) is 0 Å². The topological polar surface area (TPSA) is 49.6 Å². The summed E-state index contributed by atoms with van der Waals surface area (Å²) >= 11 is 0. The summed E-state index contributed by atoms with van der Waals surface area (Å²) in [5, 5.41) is 3.06. The van der Waals surface area contributed by atoms with Gasteiger partial charge in [-0.3, -0.25) is 9.69 Å². The van der Waals surface area contributed by atoms with E-state index in [2.05, 4.69) is 22.1 Å². The first-order valence-corrected chi connectivity index (χ1v) is 9.41. The van der Waals surface area contributed by atoms with E-state index in [0.717, 1.165) is 36.4 Å². The molecule has 2 aromatic heterocycles. The Kier molecular flexibility index (Phi) is 4.90. The van der Waals surface area contributed by atoms with Gasteiger partial charge in [-0.1, -0.05) is 6.92 Å². The van der Waals surface area contributed by atoms with E-state index in [1.54, 1.807) is 24.4 Å². The van der Waals surface area contributed by atoms with Crippen molar-refractivity contribution in [1.29, 1.82) is 0 Å². The molecule has 1 saturated heterocycles. The van der Waals surface area contributed by atoms with Gasteiger partial charge in [0.15, 0.2) is 0 Å². The molecule has 0 saturated carbocycles. The lowest BCUT2D eigenvalue weighted by atomic mass is 10.2. The molecule has 6 heteroatoms. The fourth-order valence-electron chi connectivity index (χ4n) is 3.74. The molecule has 0 aliphatic carbocycles. The molecule has 1 amide bonds. The lowest BCUT2D eigenvalue weighted by Crippen LogP contribution is -2.40. The Morgan fingerprint density at radius 3 is 2.81 bits per heavy atom. The van der Waals surface area contributed by atoms with Gasteiger partial charge in [-0.2, -0.15) is 0 Å². The molecule has 5 nitrogen and oxygen atoms in total. The third-order valence-corrected chi connectivity index (χ3v) is 5.26. The first-order valence-electron chi connectivity index (χ1n) is 9.41. The number of likely N-dealkylation sites (N-methyl/N-ethyl adjacent to an activating group) is 1. The average Bonchev–Trinajstić information content (AvgIpc) is 3.32. The summed E-state index contributed by atoms with van der Waals surface area (Å²) in [4.78, 5) is 19.5. The van der Waals surface area contributed by atoms with Crippen LogP contribution in [0.5, 0.6) is 0 Å². The molecule has 1 fully saturated rings. The zero-order chi connectivity index (χ0) is 18.8. The van der Waals surface area contributed by atoms with Crippen LogP contribution in [0, 0.1) is 5.82 Å². The lowest BCUT2D eigenvalue weighted by Gasteiger charge is -2.22. The van der Waals surface area contributed by atoms with Gasteiger partial charge < -0.3 is 9.72 Å². The predicted octanol–water partition coefficient (Wildman–Crippen LogP) is 3.35. The van der Waals surface area contributed by atoms with Crippen molar-refractivity contribution in [3.63, 3.8) is 0 Å². The van der Waals surface area contributed by atoms with Gasteiger partial charge in [-0.05, 0) is 62.3 Å². The Bertz CT molecular complexity index is 950. The molecular weight excluding hydrogens is 343 g/mol. The number of benzene rings is 1. The Morgan fingerprint density at radius 2 is 2.04 bits per heavy atom. The molecule has 1 atom stereocenters. The normalized spacial score (nSPS) is 17.5. The summed E-state index contributed by atoms with van der Waals surface area (Å²) in [6.07, 6.45) is 5.98. The molecule has 0 spiro atoms. The molecular formula is C21H23FN4O. The second-order valence-corrected chi connectivity index (χ2v) is 6.95. The van der Waals surface area contributed by atoms with Gasteiger partial charge >= 0.3 is 0 Å². The van der Waals surface area contributed by atoms with Crippen LogP contribution in [0.1, 0.15) is 30.1 Å². The molecule has 1 N–H and O–H groups in total. The lowest BCUT2D eigenvalue weighted by molar-refractivity contribution is 0.0941. The minimum atomic E-state index is -0.273. The molecule has 4 rings (SSSR count). The maximum atomic E-state index is 13.1. The average molecular weight is 366 g/mol. The minimum Gasteiger partial charge on any atom is -0.350 e. The third kappa shape index (κ3) is 3.71. The SMILES string of the molecule is CCN1CCC[C@@H]1CNC(=O)c1ccc2nc(-c3ccc(F)cc3)cn2c1. The summed E-state index contributed by atoms with van der Waals surface area (Å²) in [7, 11) is 0. The van der Waals surface area contributed by atoms with Crippen molar-refractivity contribution in [3.05, 3.63) is 60.2 Å².